The van der Waals surface area contributed by atoms with Crippen LogP contribution < -0.4 is 4.31 Å². The minimum atomic E-state index is -3.65. The van der Waals surface area contributed by atoms with E-state index in [2.05, 4.69) is 0 Å². The molecule has 0 aromatic heterocycles. The minimum Gasteiger partial charge on any atom is -0.263 e. The van der Waals surface area contributed by atoms with Crippen LogP contribution in [0.2, 0.25) is 0 Å². The molecule has 0 fully saturated rings. The summed E-state index contributed by atoms with van der Waals surface area (Å²) in [5, 5.41) is 0. The van der Waals surface area contributed by atoms with Gasteiger partial charge in [0, 0.05) is 6.04 Å². The Morgan fingerprint density at radius 2 is 1.75 bits per heavy atom. The normalized spacial score (nSPS) is 18.1. The van der Waals surface area contributed by atoms with E-state index in [1.165, 1.54) is 28.6 Å². The van der Waals surface area contributed by atoms with Gasteiger partial charge in [-0.25, -0.2) is 12.8 Å². The molecule has 1 aliphatic heterocycles. The van der Waals surface area contributed by atoms with E-state index in [1.54, 1.807) is 6.07 Å². The monoisotopic (exact) mass is 291 g/mol. The molecule has 1 heterocycles. The molecule has 0 aliphatic carbocycles. The van der Waals surface area contributed by atoms with E-state index in [9.17, 15) is 12.8 Å². The molecule has 0 unspecified atom stereocenters. The lowest BCUT2D eigenvalue weighted by Crippen LogP contribution is -2.35. The first kappa shape index (κ1) is 13.1. The zero-order chi connectivity index (χ0) is 14.3. The van der Waals surface area contributed by atoms with Gasteiger partial charge in [0.25, 0.3) is 10.0 Å². The molecular formula is C15H14FNO2S. The van der Waals surface area contributed by atoms with E-state index in [4.69, 9.17) is 0 Å². The van der Waals surface area contributed by atoms with Crippen LogP contribution in [0.1, 0.15) is 12.5 Å². The van der Waals surface area contributed by atoms with E-state index in [0.29, 0.717) is 12.1 Å². The Morgan fingerprint density at radius 1 is 1.10 bits per heavy atom. The number of rotatable bonds is 2. The van der Waals surface area contributed by atoms with Gasteiger partial charge in [0.15, 0.2) is 0 Å². The van der Waals surface area contributed by atoms with Crippen molar-refractivity contribution in [1.82, 2.24) is 0 Å². The lowest BCUT2D eigenvalue weighted by atomic mass is 10.1. The number of anilines is 1. The SMILES string of the molecule is C[C@@H]1Cc2ccccc2N1S(=O)(=O)c1ccc(F)cc1. The first-order valence-electron chi connectivity index (χ1n) is 6.38. The molecular weight excluding hydrogens is 277 g/mol. The summed E-state index contributed by atoms with van der Waals surface area (Å²) in [5.74, 6) is -0.446. The van der Waals surface area contributed by atoms with E-state index in [0.717, 1.165) is 5.56 Å². The molecule has 0 N–H and O–H groups in total. The van der Waals surface area contributed by atoms with Gasteiger partial charge in [0.05, 0.1) is 10.6 Å². The number of sulfonamides is 1. The van der Waals surface area contributed by atoms with Crippen LogP contribution in [0, 0.1) is 5.82 Å². The summed E-state index contributed by atoms with van der Waals surface area (Å²) in [4.78, 5) is 0.113. The van der Waals surface area contributed by atoms with Crippen LogP contribution in [-0.4, -0.2) is 14.5 Å². The van der Waals surface area contributed by atoms with Crippen LogP contribution in [0.3, 0.4) is 0 Å². The fourth-order valence-electron chi connectivity index (χ4n) is 2.62. The Balaban J connectivity index is 2.10. The van der Waals surface area contributed by atoms with Crippen molar-refractivity contribution >= 4 is 15.7 Å². The van der Waals surface area contributed by atoms with Gasteiger partial charge in [-0.15, -0.1) is 0 Å². The summed E-state index contributed by atoms with van der Waals surface area (Å²) in [5.41, 5.74) is 1.73. The quantitative estimate of drug-likeness (QED) is 0.853. The maximum atomic E-state index is 13.0. The van der Waals surface area contributed by atoms with Crippen LogP contribution in [0.25, 0.3) is 0 Å². The van der Waals surface area contributed by atoms with Crippen molar-refractivity contribution < 1.29 is 12.8 Å². The summed E-state index contributed by atoms with van der Waals surface area (Å²) < 4.78 is 39.8. The zero-order valence-electron chi connectivity index (χ0n) is 11.0. The Bertz CT molecular complexity index is 741. The molecule has 104 valence electrons. The predicted octanol–water partition coefficient (Wildman–Crippen LogP) is 2.97. The number of fused-ring (bicyclic) bond motifs is 1. The van der Waals surface area contributed by atoms with E-state index < -0.39 is 15.8 Å². The van der Waals surface area contributed by atoms with Gasteiger partial charge in [-0.1, -0.05) is 18.2 Å². The molecule has 2 aromatic carbocycles. The van der Waals surface area contributed by atoms with Gasteiger partial charge in [-0.2, -0.15) is 0 Å². The highest BCUT2D eigenvalue weighted by Crippen LogP contribution is 2.36. The number of hydrogen-bond acceptors (Lipinski definition) is 2. The first-order chi connectivity index (χ1) is 9.50. The zero-order valence-corrected chi connectivity index (χ0v) is 11.8. The molecule has 0 saturated carbocycles. The summed E-state index contributed by atoms with van der Waals surface area (Å²) in [7, 11) is -3.65. The average molecular weight is 291 g/mol. The maximum absolute atomic E-state index is 13.0. The van der Waals surface area contributed by atoms with E-state index >= 15 is 0 Å². The minimum absolute atomic E-state index is 0.113. The van der Waals surface area contributed by atoms with Crippen LogP contribution in [0.5, 0.6) is 0 Å². The molecule has 0 radical (unpaired) electrons. The molecule has 5 heteroatoms. The van der Waals surface area contributed by atoms with Gasteiger partial charge >= 0.3 is 0 Å². The molecule has 1 aliphatic rings. The lowest BCUT2D eigenvalue weighted by Gasteiger charge is -2.24. The molecule has 3 rings (SSSR count). The van der Waals surface area contributed by atoms with Gasteiger partial charge in [-0.05, 0) is 49.2 Å². The van der Waals surface area contributed by atoms with Crippen LogP contribution in [0.15, 0.2) is 53.4 Å². The van der Waals surface area contributed by atoms with Crippen molar-refractivity contribution in [1.29, 1.82) is 0 Å². The molecule has 20 heavy (non-hydrogen) atoms. The largest absolute Gasteiger partial charge is 0.264 e. The number of benzene rings is 2. The standard InChI is InChI=1S/C15H14FNO2S/c1-11-10-12-4-2-3-5-15(12)17(11)20(18,19)14-8-6-13(16)7-9-14/h2-9,11H,10H2,1H3/t11-/m1/s1. The number of para-hydroxylation sites is 1. The topological polar surface area (TPSA) is 37.4 Å². The number of nitrogens with zero attached hydrogens (tertiary/aromatic N) is 1. The van der Waals surface area contributed by atoms with Crippen molar-refractivity contribution in [3.63, 3.8) is 0 Å². The van der Waals surface area contributed by atoms with Crippen molar-refractivity contribution in [3.05, 3.63) is 59.9 Å². The van der Waals surface area contributed by atoms with Gasteiger partial charge < -0.3 is 0 Å². The molecule has 0 bridgehead atoms. The van der Waals surface area contributed by atoms with Crippen molar-refractivity contribution in [2.75, 3.05) is 4.31 Å². The molecule has 0 amide bonds. The first-order valence-corrected chi connectivity index (χ1v) is 7.82. The fraction of sp³-hybridized carbons (Fsp3) is 0.200. The second-order valence-corrected chi connectivity index (χ2v) is 6.75. The summed E-state index contributed by atoms with van der Waals surface area (Å²) >= 11 is 0. The van der Waals surface area contributed by atoms with Gasteiger partial charge in [0.1, 0.15) is 5.82 Å². The van der Waals surface area contributed by atoms with Crippen LogP contribution >= 0.6 is 0 Å². The second-order valence-electron chi connectivity index (χ2n) is 4.94. The number of hydrogen-bond donors (Lipinski definition) is 0. The molecule has 3 nitrogen and oxygen atoms in total. The summed E-state index contributed by atoms with van der Waals surface area (Å²) in [6.45, 7) is 1.88. The van der Waals surface area contributed by atoms with Gasteiger partial charge in [-0.3, -0.25) is 4.31 Å². The smallest absolute Gasteiger partial charge is 0.263 e. The highest BCUT2D eigenvalue weighted by Gasteiger charge is 2.35. The average Bonchev–Trinajstić information content (AvgIpc) is 2.75. The third kappa shape index (κ3) is 1.98. The molecule has 0 spiro atoms. The summed E-state index contributed by atoms with van der Waals surface area (Å²) in [6.07, 6.45) is 0.691. The lowest BCUT2D eigenvalue weighted by molar-refractivity contribution is 0.583. The Morgan fingerprint density at radius 3 is 2.45 bits per heavy atom. The van der Waals surface area contributed by atoms with Crippen LogP contribution in [0.4, 0.5) is 10.1 Å². The Kier molecular flexibility index (Phi) is 3.01. The van der Waals surface area contributed by atoms with Gasteiger partial charge in [0.2, 0.25) is 0 Å². The Labute approximate surface area is 117 Å². The molecule has 2 aromatic rings. The Hall–Kier alpha value is -1.88. The number of halogens is 1. The molecule has 0 saturated heterocycles. The van der Waals surface area contributed by atoms with Crippen molar-refractivity contribution in [2.24, 2.45) is 0 Å². The second kappa shape index (κ2) is 4.59. The summed E-state index contributed by atoms with van der Waals surface area (Å²) in [6, 6.07) is 12.3. The van der Waals surface area contributed by atoms with Crippen LogP contribution in [-0.2, 0) is 16.4 Å². The highest BCUT2D eigenvalue weighted by molar-refractivity contribution is 7.92. The maximum Gasteiger partial charge on any atom is 0.264 e. The van der Waals surface area contributed by atoms with Crippen molar-refractivity contribution in [2.45, 2.75) is 24.3 Å². The fourth-order valence-corrected chi connectivity index (χ4v) is 4.32. The van der Waals surface area contributed by atoms with Crippen molar-refractivity contribution in [3.8, 4) is 0 Å². The van der Waals surface area contributed by atoms with E-state index in [-0.39, 0.29) is 10.9 Å². The predicted molar refractivity (Wildman–Crippen MR) is 75.7 cm³/mol. The third-order valence-electron chi connectivity index (χ3n) is 3.52. The highest BCUT2D eigenvalue weighted by atomic mass is 32.2. The third-order valence-corrected chi connectivity index (χ3v) is 5.46. The van der Waals surface area contributed by atoms with E-state index in [1.807, 2.05) is 25.1 Å². The molecule has 1 atom stereocenters.